The third kappa shape index (κ3) is 3.00. The fourth-order valence-electron chi connectivity index (χ4n) is 4.90. The maximum Gasteiger partial charge on any atom is -0.0146 e. The van der Waals surface area contributed by atoms with E-state index in [4.69, 9.17) is 0 Å². The van der Waals surface area contributed by atoms with Crippen molar-refractivity contribution in [1.82, 2.24) is 0 Å². The highest BCUT2D eigenvalue weighted by Gasteiger charge is 2.39. The Morgan fingerprint density at radius 3 is 2.19 bits per heavy atom. The second-order valence-corrected chi connectivity index (χ2v) is 8.69. The lowest BCUT2D eigenvalue weighted by Gasteiger charge is -2.45. The number of aryl methyl sites for hydroxylation is 1. The molecule has 1 aliphatic carbocycles. The minimum absolute atomic E-state index is 0.442. The van der Waals surface area contributed by atoms with E-state index in [2.05, 4.69) is 71.0 Å². The minimum atomic E-state index is 0.442. The molecule has 3 rings (SSSR count). The van der Waals surface area contributed by atoms with Gasteiger partial charge in [-0.3, -0.25) is 0 Å². The Morgan fingerprint density at radius 1 is 0.905 bits per heavy atom. The van der Waals surface area contributed by atoms with Crippen molar-refractivity contribution in [2.24, 2.45) is 10.8 Å². The van der Waals surface area contributed by atoms with E-state index in [9.17, 15) is 0 Å². The summed E-state index contributed by atoms with van der Waals surface area (Å²) in [4.78, 5) is 0. The number of hydrogen-bond donors (Lipinski definition) is 0. The molecule has 0 aromatic heterocycles. The van der Waals surface area contributed by atoms with Crippen molar-refractivity contribution >= 4 is 10.8 Å². The summed E-state index contributed by atoms with van der Waals surface area (Å²) in [5, 5.41) is 2.86. The topological polar surface area (TPSA) is 0 Å². The van der Waals surface area contributed by atoms with Crippen LogP contribution in [0.4, 0.5) is 0 Å². The highest BCUT2D eigenvalue weighted by molar-refractivity contribution is 5.87. The van der Waals surface area contributed by atoms with Crippen LogP contribution in [-0.2, 0) is 0 Å². The van der Waals surface area contributed by atoms with Crippen molar-refractivity contribution in [2.75, 3.05) is 0 Å². The van der Waals surface area contributed by atoms with E-state index in [-0.39, 0.29) is 0 Å². The summed E-state index contributed by atoms with van der Waals surface area (Å²) in [7, 11) is 0. The molecule has 0 heterocycles. The normalized spacial score (nSPS) is 21.6. The molecule has 112 valence electrons. The Labute approximate surface area is 129 Å². The molecule has 1 fully saturated rings. The van der Waals surface area contributed by atoms with Crippen LogP contribution in [0.15, 0.2) is 36.4 Å². The lowest BCUT2D eigenvalue weighted by atomic mass is 9.60. The average Bonchev–Trinajstić information content (AvgIpc) is 2.34. The Morgan fingerprint density at radius 2 is 1.52 bits per heavy atom. The standard InChI is InChI=1S/C21H28/c1-15-10-16-8-6-7-9-18(16)19(11-15)17-12-20(2,3)14-21(4,5)13-17/h6-11,17H,12-14H2,1-5H3. The summed E-state index contributed by atoms with van der Waals surface area (Å²) >= 11 is 0. The maximum atomic E-state index is 2.44. The first-order valence-corrected chi connectivity index (χ1v) is 8.25. The van der Waals surface area contributed by atoms with Gasteiger partial charge in [-0.05, 0) is 59.3 Å². The summed E-state index contributed by atoms with van der Waals surface area (Å²) in [5.74, 6) is 0.688. The van der Waals surface area contributed by atoms with Crippen molar-refractivity contribution < 1.29 is 0 Å². The lowest BCUT2D eigenvalue weighted by molar-refractivity contribution is 0.0973. The van der Waals surface area contributed by atoms with Gasteiger partial charge in [0.25, 0.3) is 0 Å². The molecule has 0 heteroatoms. The van der Waals surface area contributed by atoms with Gasteiger partial charge >= 0.3 is 0 Å². The van der Waals surface area contributed by atoms with Crippen LogP contribution in [0.1, 0.15) is 64.0 Å². The molecule has 1 saturated carbocycles. The van der Waals surface area contributed by atoms with E-state index in [1.54, 1.807) is 5.56 Å². The predicted octanol–water partition coefficient (Wildman–Crippen LogP) is 6.47. The zero-order chi connectivity index (χ0) is 15.3. The van der Waals surface area contributed by atoms with E-state index in [1.165, 1.54) is 35.6 Å². The first kappa shape index (κ1) is 14.6. The van der Waals surface area contributed by atoms with Crippen molar-refractivity contribution in [1.29, 1.82) is 0 Å². The number of hydrogen-bond acceptors (Lipinski definition) is 0. The Bertz CT molecular complexity index is 645. The molecule has 0 unspecified atom stereocenters. The molecule has 0 aliphatic heterocycles. The van der Waals surface area contributed by atoms with Gasteiger partial charge in [0.1, 0.15) is 0 Å². The van der Waals surface area contributed by atoms with Crippen molar-refractivity contribution in [3.05, 3.63) is 47.5 Å². The van der Waals surface area contributed by atoms with Gasteiger partial charge in [-0.1, -0.05) is 69.7 Å². The predicted molar refractivity (Wildman–Crippen MR) is 92.8 cm³/mol. The highest BCUT2D eigenvalue weighted by Crippen LogP contribution is 2.52. The largest absolute Gasteiger partial charge is 0.0616 e. The first-order chi connectivity index (χ1) is 9.76. The van der Waals surface area contributed by atoms with E-state index in [0.717, 1.165) is 0 Å². The van der Waals surface area contributed by atoms with E-state index >= 15 is 0 Å². The second-order valence-electron chi connectivity index (χ2n) is 8.69. The number of fused-ring (bicyclic) bond motifs is 1. The van der Waals surface area contributed by atoms with Gasteiger partial charge in [0.2, 0.25) is 0 Å². The SMILES string of the molecule is Cc1cc(C2CC(C)(C)CC(C)(C)C2)c2ccccc2c1. The van der Waals surface area contributed by atoms with Crippen LogP contribution < -0.4 is 0 Å². The van der Waals surface area contributed by atoms with E-state index < -0.39 is 0 Å². The molecule has 0 N–H and O–H groups in total. The molecule has 0 saturated heterocycles. The summed E-state index contributed by atoms with van der Waals surface area (Å²) in [5.41, 5.74) is 3.85. The third-order valence-corrected chi connectivity index (χ3v) is 5.03. The Hall–Kier alpha value is -1.30. The van der Waals surface area contributed by atoms with Gasteiger partial charge in [-0.15, -0.1) is 0 Å². The average molecular weight is 280 g/mol. The molecule has 2 aromatic rings. The first-order valence-electron chi connectivity index (χ1n) is 8.25. The monoisotopic (exact) mass is 280 g/mol. The summed E-state index contributed by atoms with van der Waals surface area (Å²) < 4.78 is 0. The fourth-order valence-corrected chi connectivity index (χ4v) is 4.90. The molecule has 2 aromatic carbocycles. The van der Waals surface area contributed by atoms with Crippen LogP contribution in [0.25, 0.3) is 10.8 Å². The van der Waals surface area contributed by atoms with Crippen LogP contribution in [0.2, 0.25) is 0 Å². The zero-order valence-corrected chi connectivity index (χ0v) is 14.2. The van der Waals surface area contributed by atoms with Gasteiger partial charge in [-0.2, -0.15) is 0 Å². The molecule has 0 radical (unpaired) electrons. The van der Waals surface area contributed by atoms with Crippen LogP contribution in [-0.4, -0.2) is 0 Å². The number of rotatable bonds is 1. The van der Waals surface area contributed by atoms with Gasteiger partial charge in [-0.25, -0.2) is 0 Å². The van der Waals surface area contributed by atoms with Crippen molar-refractivity contribution in [3.8, 4) is 0 Å². The van der Waals surface area contributed by atoms with Crippen LogP contribution in [0.3, 0.4) is 0 Å². The third-order valence-electron chi connectivity index (χ3n) is 5.03. The molecule has 0 atom stereocenters. The lowest BCUT2D eigenvalue weighted by Crippen LogP contribution is -2.33. The highest BCUT2D eigenvalue weighted by atomic mass is 14.4. The van der Waals surface area contributed by atoms with Crippen LogP contribution >= 0.6 is 0 Å². The molecule has 21 heavy (non-hydrogen) atoms. The summed E-state index contributed by atoms with van der Waals surface area (Å²) in [6.45, 7) is 12.0. The molecule has 0 amide bonds. The number of benzene rings is 2. The quantitative estimate of drug-likeness (QED) is 0.561. The van der Waals surface area contributed by atoms with Crippen molar-refractivity contribution in [3.63, 3.8) is 0 Å². The van der Waals surface area contributed by atoms with Crippen molar-refractivity contribution in [2.45, 2.75) is 59.8 Å². The molecular weight excluding hydrogens is 252 g/mol. The molecule has 0 nitrogen and oxygen atoms in total. The van der Waals surface area contributed by atoms with Crippen LogP contribution in [0.5, 0.6) is 0 Å². The van der Waals surface area contributed by atoms with Gasteiger partial charge in [0, 0.05) is 0 Å². The molecule has 1 aliphatic rings. The molecule has 0 bridgehead atoms. The van der Waals surface area contributed by atoms with Gasteiger partial charge in [0.15, 0.2) is 0 Å². The summed E-state index contributed by atoms with van der Waals surface area (Å²) in [6, 6.07) is 13.6. The summed E-state index contributed by atoms with van der Waals surface area (Å²) in [6.07, 6.45) is 3.95. The second kappa shape index (κ2) is 4.87. The smallest absolute Gasteiger partial charge is 0.0146 e. The Kier molecular flexibility index (Phi) is 3.39. The van der Waals surface area contributed by atoms with E-state index in [0.29, 0.717) is 16.7 Å². The maximum absolute atomic E-state index is 2.44. The van der Waals surface area contributed by atoms with Crippen LogP contribution in [0, 0.1) is 17.8 Å². The zero-order valence-electron chi connectivity index (χ0n) is 14.2. The fraction of sp³-hybridized carbons (Fsp3) is 0.524. The molecule has 0 spiro atoms. The van der Waals surface area contributed by atoms with Gasteiger partial charge < -0.3 is 0 Å². The molecular formula is C21H28. The Balaban J connectivity index is 2.11. The minimum Gasteiger partial charge on any atom is -0.0616 e. The van der Waals surface area contributed by atoms with E-state index in [1.807, 2.05) is 0 Å². The van der Waals surface area contributed by atoms with Gasteiger partial charge in [0.05, 0.1) is 0 Å².